The molecule has 1 aromatic carbocycles. The number of esters is 1. The molecule has 1 aliphatic rings. The van der Waals surface area contributed by atoms with E-state index in [1.54, 1.807) is 72.7 Å². The highest BCUT2D eigenvalue weighted by molar-refractivity contribution is 6.24. The van der Waals surface area contributed by atoms with Crippen molar-refractivity contribution in [3.8, 4) is 0 Å². The monoisotopic (exact) mass is 490 g/mol. The molecule has 0 aromatic heterocycles. The second kappa shape index (κ2) is 9.65. The minimum Gasteiger partial charge on any atom is -0.458 e. The van der Waals surface area contributed by atoms with Crippen LogP contribution in [0.25, 0.3) is 0 Å². The van der Waals surface area contributed by atoms with Gasteiger partial charge < -0.3 is 14.4 Å². The van der Waals surface area contributed by atoms with Crippen LogP contribution >= 0.6 is 0 Å². The molecule has 0 spiro atoms. The summed E-state index contributed by atoms with van der Waals surface area (Å²) in [4.78, 5) is 50.9. The minimum atomic E-state index is -1.85. The zero-order valence-corrected chi connectivity index (χ0v) is 21.6. The van der Waals surface area contributed by atoms with Gasteiger partial charge in [0.25, 0.3) is 5.91 Å². The number of ether oxygens (including phenoxy) is 2. The van der Waals surface area contributed by atoms with Crippen molar-refractivity contribution in [1.29, 1.82) is 0 Å². The Bertz CT molecular complexity index is 1020. The second-order valence-corrected chi connectivity index (χ2v) is 10.4. The third kappa shape index (κ3) is 5.97. The highest BCUT2D eigenvalue weighted by atomic mass is 16.6. The summed E-state index contributed by atoms with van der Waals surface area (Å²) in [7, 11) is 1.40. The summed E-state index contributed by atoms with van der Waals surface area (Å²) in [5.41, 5.74) is -2.56. The Hall–Kier alpha value is -3.47. The first kappa shape index (κ1) is 27.8. The highest BCUT2D eigenvalue weighted by Crippen LogP contribution is 2.31. The number of carbonyl (C=O) groups is 4. The first-order chi connectivity index (χ1) is 15.9. The number of benzene rings is 1. The molecule has 1 heterocycles. The quantitative estimate of drug-likeness (QED) is 0.281. The molecule has 1 N–H and O–H groups in total. The Morgan fingerprint density at radius 3 is 2.06 bits per heavy atom. The van der Waals surface area contributed by atoms with E-state index in [1.165, 1.54) is 18.9 Å². The summed E-state index contributed by atoms with van der Waals surface area (Å²) in [5, 5.41) is 16.2. The van der Waals surface area contributed by atoms with E-state index >= 15 is 0 Å². The molecule has 11 nitrogen and oxygen atoms in total. The van der Waals surface area contributed by atoms with E-state index < -0.39 is 40.8 Å². The Kier molecular flexibility index (Phi) is 7.66. The van der Waals surface area contributed by atoms with Gasteiger partial charge in [-0.05, 0) is 67.5 Å². The van der Waals surface area contributed by atoms with Gasteiger partial charge in [0.15, 0.2) is 5.54 Å². The molecule has 1 aliphatic heterocycles. The third-order valence-corrected chi connectivity index (χ3v) is 5.13. The fourth-order valence-corrected chi connectivity index (χ4v) is 3.39. The normalized spacial score (nSPS) is 19.1. The zero-order chi connectivity index (χ0) is 26.9. The molecule has 0 saturated carbocycles. The lowest BCUT2D eigenvalue weighted by molar-refractivity contribution is -0.162. The first-order valence-electron chi connectivity index (χ1n) is 11.1. The lowest BCUT2D eigenvalue weighted by Crippen LogP contribution is -2.59. The number of hydrogen-bond donors (Lipinski definition) is 1. The van der Waals surface area contributed by atoms with Crippen LogP contribution in [0, 0.1) is 0 Å². The van der Waals surface area contributed by atoms with Crippen LogP contribution in [0.4, 0.5) is 10.5 Å². The molecule has 0 aliphatic carbocycles. The number of hydrazone groups is 1. The molecule has 11 heteroatoms. The number of anilines is 1. The van der Waals surface area contributed by atoms with Crippen molar-refractivity contribution >= 4 is 35.8 Å². The van der Waals surface area contributed by atoms with E-state index in [2.05, 4.69) is 5.10 Å². The maximum absolute atomic E-state index is 12.9. The van der Waals surface area contributed by atoms with Gasteiger partial charge in [0, 0.05) is 18.3 Å². The summed E-state index contributed by atoms with van der Waals surface area (Å²) in [5.74, 6) is -1.21. The maximum Gasteiger partial charge on any atom is 0.435 e. The van der Waals surface area contributed by atoms with Crippen molar-refractivity contribution in [2.75, 3.05) is 11.9 Å². The van der Waals surface area contributed by atoms with Crippen molar-refractivity contribution in [2.24, 2.45) is 5.10 Å². The van der Waals surface area contributed by atoms with Gasteiger partial charge in [-0.2, -0.15) is 10.2 Å². The van der Waals surface area contributed by atoms with Crippen molar-refractivity contribution in [2.45, 2.75) is 78.2 Å². The van der Waals surface area contributed by atoms with Crippen LogP contribution in [0.3, 0.4) is 0 Å². The second-order valence-electron chi connectivity index (χ2n) is 10.4. The average molecular weight is 491 g/mol. The average Bonchev–Trinajstić information content (AvgIpc) is 2.96. The standard InChI is InChI=1S/C24H34N4O7/c1-15(19(30)34-22(2,3)4)27(14-29)17-12-10-16(11-13-17)18-24(8,20(31)26(9)25-18)28(33)21(32)35-23(5,6)7/h10-15,33H,1-9H3. The number of hydroxylamine groups is 2. The van der Waals surface area contributed by atoms with Crippen LogP contribution in [-0.4, -0.2) is 75.2 Å². The molecule has 2 unspecified atom stereocenters. The fourth-order valence-electron chi connectivity index (χ4n) is 3.39. The van der Waals surface area contributed by atoms with Crippen molar-refractivity contribution < 1.29 is 33.9 Å². The topological polar surface area (TPSA) is 129 Å². The number of rotatable bonds is 6. The lowest BCUT2D eigenvalue weighted by Gasteiger charge is -2.33. The highest BCUT2D eigenvalue weighted by Gasteiger charge is 2.54. The molecule has 2 atom stereocenters. The Labute approximate surface area is 205 Å². The van der Waals surface area contributed by atoms with Gasteiger partial charge in [-0.15, -0.1) is 0 Å². The van der Waals surface area contributed by atoms with Gasteiger partial charge in [0.2, 0.25) is 6.41 Å². The number of nitrogens with zero attached hydrogens (tertiary/aromatic N) is 4. The van der Waals surface area contributed by atoms with E-state index in [0.29, 0.717) is 17.7 Å². The number of carbonyl (C=O) groups excluding carboxylic acids is 4. The Morgan fingerprint density at radius 1 is 1.09 bits per heavy atom. The van der Waals surface area contributed by atoms with Crippen molar-refractivity contribution in [3.05, 3.63) is 29.8 Å². The zero-order valence-electron chi connectivity index (χ0n) is 21.6. The van der Waals surface area contributed by atoms with E-state index in [0.717, 1.165) is 5.01 Å². The summed E-state index contributed by atoms with van der Waals surface area (Å²) in [6.45, 7) is 13.0. The van der Waals surface area contributed by atoms with Crippen LogP contribution in [0.2, 0.25) is 0 Å². The van der Waals surface area contributed by atoms with Crippen LogP contribution < -0.4 is 4.90 Å². The van der Waals surface area contributed by atoms with Crippen LogP contribution in [0.15, 0.2) is 29.4 Å². The number of likely N-dealkylation sites (N-methyl/N-ethyl adjacent to an activating group) is 1. The van der Waals surface area contributed by atoms with Gasteiger partial charge in [-0.3, -0.25) is 14.8 Å². The van der Waals surface area contributed by atoms with E-state index in [-0.39, 0.29) is 10.8 Å². The third-order valence-electron chi connectivity index (χ3n) is 5.13. The summed E-state index contributed by atoms with van der Waals surface area (Å²) in [6, 6.07) is 5.37. The van der Waals surface area contributed by atoms with E-state index in [1.807, 2.05) is 0 Å². The summed E-state index contributed by atoms with van der Waals surface area (Å²) >= 11 is 0. The lowest BCUT2D eigenvalue weighted by atomic mass is 9.90. The molecular weight excluding hydrogens is 456 g/mol. The molecule has 2 rings (SSSR count). The Balaban J connectivity index is 2.37. The van der Waals surface area contributed by atoms with Crippen molar-refractivity contribution in [3.63, 3.8) is 0 Å². The van der Waals surface area contributed by atoms with Crippen LogP contribution in [-0.2, 0) is 23.9 Å². The molecule has 0 fully saturated rings. The minimum absolute atomic E-state index is 0.0998. The molecule has 3 amide bonds. The van der Waals surface area contributed by atoms with Crippen molar-refractivity contribution in [1.82, 2.24) is 10.1 Å². The van der Waals surface area contributed by atoms with Gasteiger partial charge in [-0.1, -0.05) is 12.1 Å². The summed E-state index contributed by atoms with van der Waals surface area (Å²) < 4.78 is 10.6. The van der Waals surface area contributed by atoms with E-state index in [9.17, 15) is 24.4 Å². The smallest absolute Gasteiger partial charge is 0.435 e. The molecule has 0 saturated heterocycles. The molecular formula is C24H34N4O7. The van der Waals surface area contributed by atoms with Gasteiger partial charge >= 0.3 is 12.1 Å². The maximum atomic E-state index is 12.9. The predicted molar refractivity (Wildman–Crippen MR) is 128 cm³/mol. The van der Waals surface area contributed by atoms with Crippen LogP contribution in [0.5, 0.6) is 0 Å². The van der Waals surface area contributed by atoms with Crippen LogP contribution in [0.1, 0.15) is 61.0 Å². The molecule has 0 radical (unpaired) electrons. The first-order valence-corrected chi connectivity index (χ1v) is 11.1. The van der Waals surface area contributed by atoms with E-state index in [4.69, 9.17) is 9.47 Å². The predicted octanol–water partition coefficient (Wildman–Crippen LogP) is 2.94. The molecule has 1 aromatic rings. The SMILES string of the molecule is CC(C(=O)OC(C)(C)C)N(C=O)c1ccc(C2=NN(C)C(=O)C2(C)N(O)C(=O)OC(C)(C)C)cc1. The number of hydrogen-bond acceptors (Lipinski definition) is 8. The summed E-state index contributed by atoms with van der Waals surface area (Å²) in [6.07, 6.45) is -0.581. The van der Waals surface area contributed by atoms with Gasteiger partial charge in [0.1, 0.15) is 23.0 Å². The Morgan fingerprint density at radius 2 is 1.60 bits per heavy atom. The van der Waals surface area contributed by atoms with Gasteiger partial charge in [0.05, 0.1) is 0 Å². The molecule has 0 bridgehead atoms. The fraction of sp³-hybridized carbons (Fsp3) is 0.542. The molecule has 192 valence electrons. The number of amides is 3. The molecule has 35 heavy (non-hydrogen) atoms. The largest absolute Gasteiger partial charge is 0.458 e. The van der Waals surface area contributed by atoms with Gasteiger partial charge in [-0.25, -0.2) is 14.6 Å².